The summed E-state index contributed by atoms with van der Waals surface area (Å²) in [7, 11) is 2.82. The lowest BCUT2D eigenvalue weighted by molar-refractivity contribution is -0.167. The summed E-state index contributed by atoms with van der Waals surface area (Å²) in [5.41, 5.74) is -0.697. The Bertz CT molecular complexity index is 383. The fraction of sp³-hybridized carbons (Fsp3) is 0.462. The van der Waals surface area contributed by atoms with Crippen molar-refractivity contribution in [1.82, 2.24) is 0 Å². The standard InChI is InChI=1S/C13H18O5/c1-13(15,12(14)17-3)9-18-8-10-4-6-11(16-2)7-5-10/h4-7,15H,8-9H2,1-3H3. The van der Waals surface area contributed by atoms with Crippen molar-refractivity contribution in [2.45, 2.75) is 19.1 Å². The molecule has 5 nitrogen and oxygen atoms in total. The van der Waals surface area contributed by atoms with Crippen LogP contribution in [0.4, 0.5) is 0 Å². The number of rotatable bonds is 6. The van der Waals surface area contributed by atoms with E-state index in [2.05, 4.69) is 4.74 Å². The van der Waals surface area contributed by atoms with Gasteiger partial charge >= 0.3 is 5.97 Å². The first-order valence-electron chi connectivity index (χ1n) is 5.51. The minimum Gasteiger partial charge on any atom is -0.497 e. The van der Waals surface area contributed by atoms with E-state index in [9.17, 15) is 9.90 Å². The molecule has 1 N–H and O–H groups in total. The maximum Gasteiger partial charge on any atom is 0.339 e. The van der Waals surface area contributed by atoms with Gasteiger partial charge in [-0.15, -0.1) is 0 Å². The molecule has 0 aromatic heterocycles. The first-order valence-corrected chi connectivity index (χ1v) is 5.51. The number of esters is 1. The summed E-state index contributed by atoms with van der Waals surface area (Å²) in [5, 5.41) is 9.72. The lowest BCUT2D eigenvalue weighted by atomic mass is 10.1. The van der Waals surface area contributed by atoms with Gasteiger partial charge in [0.1, 0.15) is 5.75 Å². The van der Waals surface area contributed by atoms with Crippen LogP contribution in [0.25, 0.3) is 0 Å². The van der Waals surface area contributed by atoms with Crippen molar-refractivity contribution in [3.63, 3.8) is 0 Å². The maximum absolute atomic E-state index is 11.2. The molecule has 0 amide bonds. The van der Waals surface area contributed by atoms with Crippen molar-refractivity contribution in [3.8, 4) is 5.75 Å². The number of aliphatic hydroxyl groups is 1. The predicted octanol–water partition coefficient (Wildman–Crippen LogP) is 1.14. The molecule has 1 rings (SSSR count). The second-order valence-corrected chi connectivity index (χ2v) is 4.11. The van der Waals surface area contributed by atoms with Gasteiger partial charge in [-0.3, -0.25) is 0 Å². The van der Waals surface area contributed by atoms with Crippen molar-refractivity contribution in [1.29, 1.82) is 0 Å². The first kappa shape index (κ1) is 14.5. The predicted molar refractivity (Wildman–Crippen MR) is 65.3 cm³/mol. The summed E-state index contributed by atoms with van der Waals surface area (Å²) >= 11 is 0. The minimum atomic E-state index is -1.62. The molecule has 18 heavy (non-hydrogen) atoms. The van der Waals surface area contributed by atoms with Crippen LogP contribution in [-0.4, -0.2) is 37.5 Å². The fourth-order valence-corrected chi connectivity index (χ4v) is 1.37. The molecule has 0 aliphatic carbocycles. The number of ether oxygens (including phenoxy) is 3. The van der Waals surface area contributed by atoms with Crippen LogP contribution in [0.3, 0.4) is 0 Å². The lowest BCUT2D eigenvalue weighted by Crippen LogP contribution is -2.40. The molecule has 1 unspecified atom stereocenters. The highest BCUT2D eigenvalue weighted by molar-refractivity contribution is 5.78. The van der Waals surface area contributed by atoms with E-state index in [1.165, 1.54) is 14.0 Å². The zero-order valence-electron chi connectivity index (χ0n) is 10.8. The largest absolute Gasteiger partial charge is 0.497 e. The van der Waals surface area contributed by atoms with Crippen LogP contribution >= 0.6 is 0 Å². The SMILES string of the molecule is COC(=O)C(C)(O)COCc1ccc(OC)cc1. The Morgan fingerprint density at radius 2 is 1.89 bits per heavy atom. The number of carbonyl (C=O) groups is 1. The number of carbonyl (C=O) groups excluding carboxylic acids is 1. The van der Waals surface area contributed by atoms with Crippen LogP contribution < -0.4 is 4.74 Å². The van der Waals surface area contributed by atoms with E-state index in [1.54, 1.807) is 7.11 Å². The van der Waals surface area contributed by atoms with E-state index >= 15 is 0 Å². The summed E-state index contributed by atoms with van der Waals surface area (Å²) in [4.78, 5) is 11.2. The molecule has 0 fully saturated rings. The van der Waals surface area contributed by atoms with E-state index < -0.39 is 11.6 Å². The molecule has 0 bridgehead atoms. The molecule has 0 aliphatic rings. The van der Waals surface area contributed by atoms with Crippen molar-refractivity contribution in [2.75, 3.05) is 20.8 Å². The number of hydrogen-bond acceptors (Lipinski definition) is 5. The Morgan fingerprint density at radius 3 is 2.39 bits per heavy atom. The second kappa shape index (κ2) is 6.37. The molecule has 0 aliphatic heterocycles. The van der Waals surface area contributed by atoms with Gasteiger partial charge in [-0.05, 0) is 24.6 Å². The van der Waals surface area contributed by atoms with Crippen LogP contribution in [0.5, 0.6) is 5.75 Å². The van der Waals surface area contributed by atoms with Crippen molar-refractivity contribution in [3.05, 3.63) is 29.8 Å². The highest BCUT2D eigenvalue weighted by Crippen LogP contribution is 2.13. The van der Waals surface area contributed by atoms with Gasteiger partial charge in [0.15, 0.2) is 5.60 Å². The van der Waals surface area contributed by atoms with Gasteiger partial charge in [0.05, 0.1) is 27.4 Å². The Balaban J connectivity index is 2.43. The summed E-state index contributed by atoms with van der Waals surface area (Å²) in [6.07, 6.45) is 0. The Kier molecular flexibility index (Phi) is 5.12. The van der Waals surface area contributed by atoms with Crippen LogP contribution in [-0.2, 0) is 20.9 Å². The van der Waals surface area contributed by atoms with Gasteiger partial charge in [0.2, 0.25) is 0 Å². The van der Waals surface area contributed by atoms with Gasteiger partial charge in [0.25, 0.3) is 0 Å². The van der Waals surface area contributed by atoms with Gasteiger partial charge in [-0.25, -0.2) is 4.79 Å². The molecule has 1 atom stereocenters. The van der Waals surface area contributed by atoms with Crippen molar-refractivity contribution >= 4 is 5.97 Å². The highest BCUT2D eigenvalue weighted by Gasteiger charge is 2.31. The Hall–Kier alpha value is -1.59. The number of methoxy groups -OCH3 is 2. The number of hydrogen-bond donors (Lipinski definition) is 1. The normalized spacial score (nSPS) is 13.8. The average molecular weight is 254 g/mol. The molecule has 100 valence electrons. The highest BCUT2D eigenvalue weighted by atomic mass is 16.6. The zero-order valence-corrected chi connectivity index (χ0v) is 10.8. The first-order chi connectivity index (χ1) is 8.49. The van der Waals surface area contributed by atoms with E-state index in [-0.39, 0.29) is 6.61 Å². The molecule has 0 heterocycles. The van der Waals surface area contributed by atoms with E-state index in [0.717, 1.165) is 11.3 Å². The molecular formula is C13H18O5. The summed E-state index contributed by atoms with van der Waals surface area (Å²) in [6, 6.07) is 7.34. The quantitative estimate of drug-likeness (QED) is 0.771. The van der Waals surface area contributed by atoms with E-state index in [0.29, 0.717) is 6.61 Å². The maximum atomic E-state index is 11.2. The van der Waals surface area contributed by atoms with Crippen LogP contribution in [0.2, 0.25) is 0 Å². The summed E-state index contributed by atoms with van der Waals surface area (Å²) in [5.74, 6) is 0.0533. The third kappa shape index (κ3) is 4.01. The Morgan fingerprint density at radius 1 is 1.28 bits per heavy atom. The molecule has 1 aromatic rings. The van der Waals surface area contributed by atoms with Crippen LogP contribution in [0.1, 0.15) is 12.5 Å². The molecule has 0 radical (unpaired) electrons. The van der Waals surface area contributed by atoms with Crippen molar-refractivity contribution in [2.24, 2.45) is 0 Å². The van der Waals surface area contributed by atoms with E-state index in [4.69, 9.17) is 9.47 Å². The van der Waals surface area contributed by atoms with Crippen molar-refractivity contribution < 1.29 is 24.1 Å². The summed E-state index contributed by atoms with van der Waals surface area (Å²) < 4.78 is 14.8. The van der Waals surface area contributed by atoms with Gasteiger partial charge in [-0.2, -0.15) is 0 Å². The zero-order chi connectivity index (χ0) is 13.6. The van der Waals surface area contributed by atoms with E-state index in [1.807, 2.05) is 24.3 Å². The topological polar surface area (TPSA) is 65.0 Å². The van der Waals surface area contributed by atoms with Crippen LogP contribution in [0, 0.1) is 0 Å². The molecule has 1 aromatic carbocycles. The third-order valence-electron chi connectivity index (χ3n) is 2.44. The fourth-order valence-electron chi connectivity index (χ4n) is 1.37. The molecule has 0 saturated heterocycles. The Labute approximate surface area is 106 Å². The lowest BCUT2D eigenvalue weighted by Gasteiger charge is -2.19. The molecule has 0 spiro atoms. The van der Waals surface area contributed by atoms with Gasteiger partial charge in [0, 0.05) is 0 Å². The average Bonchev–Trinajstić information content (AvgIpc) is 2.38. The number of benzene rings is 1. The monoisotopic (exact) mass is 254 g/mol. The molecule has 5 heteroatoms. The smallest absolute Gasteiger partial charge is 0.339 e. The minimum absolute atomic E-state index is 0.119. The van der Waals surface area contributed by atoms with Gasteiger partial charge < -0.3 is 19.3 Å². The van der Waals surface area contributed by atoms with Crippen LogP contribution in [0.15, 0.2) is 24.3 Å². The molecular weight excluding hydrogens is 236 g/mol. The second-order valence-electron chi connectivity index (χ2n) is 4.11. The molecule has 0 saturated carbocycles. The van der Waals surface area contributed by atoms with Gasteiger partial charge in [-0.1, -0.05) is 12.1 Å². The third-order valence-corrected chi connectivity index (χ3v) is 2.44. The summed E-state index contributed by atoms with van der Waals surface area (Å²) in [6.45, 7) is 1.54.